The standard InChI is InChI=1S/C11H21N3O2.ClH/c1-9(15)13-6-7-14-10(16)11(2)4-3-5-12-8-11;/h12H,3-8H2,1-2H3,(H,13,15)(H,14,16);1H. The highest BCUT2D eigenvalue weighted by atomic mass is 35.5. The summed E-state index contributed by atoms with van der Waals surface area (Å²) in [5.74, 6) is 0.00449. The maximum absolute atomic E-state index is 11.9. The van der Waals surface area contributed by atoms with Crippen LogP contribution in [0.1, 0.15) is 26.7 Å². The number of carbonyl (C=O) groups excluding carboxylic acids is 2. The largest absolute Gasteiger partial charge is 0.355 e. The smallest absolute Gasteiger partial charge is 0.227 e. The molecule has 3 N–H and O–H groups in total. The van der Waals surface area contributed by atoms with Crippen molar-refractivity contribution in [2.24, 2.45) is 5.41 Å². The Kier molecular flexibility index (Phi) is 7.15. The van der Waals surface area contributed by atoms with Crippen molar-refractivity contribution >= 4 is 24.2 Å². The first-order valence-corrected chi connectivity index (χ1v) is 5.78. The van der Waals surface area contributed by atoms with Gasteiger partial charge in [-0.25, -0.2) is 0 Å². The first kappa shape index (κ1) is 16.2. The van der Waals surface area contributed by atoms with E-state index in [1.54, 1.807) is 0 Å². The van der Waals surface area contributed by atoms with Gasteiger partial charge in [0.15, 0.2) is 0 Å². The van der Waals surface area contributed by atoms with Gasteiger partial charge in [-0.05, 0) is 26.3 Å². The Hall–Kier alpha value is -0.810. The highest BCUT2D eigenvalue weighted by Crippen LogP contribution is 2.25. The normalized spacial score (nSPS) is 23.4. The molecular formula is C11H22ClN3O2. The van der Waals surface area contributed by atoms with Crippen LogP contribution in [-0.2, 0) is 9.59 Å². The molecule has 1 aliphatic heterocycles. The van der Waals surface area contributed by atoms with Crippen molar-refractivity contribution in [2.75, 3.05) is 26.2 Å². The van der Waals surface area contributed by atoms with Crippen molar-refractivity contribution < 1.29 is 9.59 Å². The molecule has 0 spiro atoms. The molecule has 1 aliphatic rings. The fourth-order valence-electron chi connectivity index (χ4n) is 1.88. The van der Waals surface area contributed by atoms with E-state index in [1.807, 2.05) is 6.92 Å². The zero-order valence-electron chi connectivity index (χ0n) is 10.5. The molecule has 1 fully saturated rings. The molecule has 0 bridgehead atoms. The van der Waals surface area contributed by atoms with E-state index in [-0.39, 0.29) is 29.6 Å². The van der Waals surface area contributed by atoms with Gasteiger partial charge < -0.3 is 16.0 Å². The Morgan fingerprint density at radius 2 is 1.94 bits per heavy atom. The van der Waals surface area contributed by atoms with Crippen molar-refractivity contribution in [3.8, 4) is 0 Å². The van der Waals surface area contributed by atoms with Crippen molar-refractivity contribution in [3.05, 3.63) is 0 Å². The lowest BCUT2D eigenvalue weighted by atomic mass is 9.82. The molecule has 6 heteroatoms. The van der Waals surface area contributed by atoms with Crippen molar-refractivity contribution in [3.63, 3.8) is 0 Å². The van der Waals surface area contributed by atoms with E-state index >= 15 is 0 Å². The van der Waals surface area contributed by atoms with Crippen molar-refractivity contribution in [2.45, 2.75) is 26.7 Å². The minimum Gasteiger partial charge on any atom is -0.355 e. The highest BCUT2D eigenvalue weighted by Gasteiger charge is 2.34. The van der Waals surface area contributed by atoms with Crippen molar-refractivity contribution in [1.29, 1.82) is 0 Å². The van der Waals surface area contributed by atoms with E-state index in [9.17, 15) is 9.59 Å². The molecule has 0 aromatic carbocycles. The van der Waals surface area contributed by atoms with Crippen LogP contribution in [0.15, 0.2) is 0 Å². The molecule has 0 aromatic rings. The minimum atomic E-state index is -0.297. The number of hydrogen-bond donors (Lipinski definition) is 3. The third-order valence-corrected chi connectivity index (χ3v) is 2.93. The number of halogens is 1. The fourth-order valence-corrected chi connectivity index (χ4v) is 1.88. The first-order valence-electron chi connectivity index (χ1n) is 5.78. The summed E-state index contributed by atoms with van der Waals surface area (Å²) in [6.07, 6.45) is 1.96. The van der Waals surface area contributed by atoms with Crippen LogP contribution in [-0.4, -0.2) is 38.0 Å². The Morgan fingerprint density at radius 3 is 2.47 bits per heavy atom. The number of nitrogens with one attached hydrogen (secondary N) is 3. The van der Waals surface area contributed by atoms with Gasteiger partial charge in [-0.15, -0.1) is 12.4 Å². The van der Waals surface area contributed by atoms with Gasteiger partial charge in [0.1, 0.15) is 0 Å². The van der Waals surface area contributed by atoms with Crippen LogP contribution in [0.2, 0.25) is 0 Å². The van der Waals surface area contributed by atoms with Gasteiger partial charge in [-0.3, -0.25) is 9.59 Å². The number of piperidine rings is 1. The van der Waals surface area contributed by atoms with E-state index in [1.165, 1.54) is 6.92 Å². The molecule has 0 saturated carbocycles. The van der Waals surface area contributed by atoms with Crippen LogP contribution in [0, 0.1) is 5.41 Å². The summed E-state index contributed by atoms with van der Waals surface area (Å²) in [7, 11) is 0. The summed E-state index contributed by atoms with van der Waals surface area (Å²) < 4.78 is 0. The molecular weight excluding hydrogens is 242 g/mol. The van der Waals surface area contributed by atoms with Gasteiger partial charge >= 0.3 is 0 Å². The molecule has 0 radical (unpaired) electrons. The molecule has 100 valence electrons. The van der Waals surface area contributed by atoms with Crippen LogP contribution >= 0.6 is 12.4 Å². The van der Waals surface area contributed by atoms with E-state index in [4.69, 9.17) is 0 Å². The molecule has 0 aliphatic carbocycles. The number of hydrogen-bond acceptors (Lipinski definition) is 3. The summed E-state index contributed by atoms with van der Waals surface area (Å²) >= 11 is 0. The lowest BCUT2D eigenvalue weighted by Gasteiger charge is -2.32. The zero-order chi connectivity index (χ0) is 12.0. The van der Waals surface area contributed by atoms with Gasteiger partial charge in [0.25, 0.3) is 0 Å². The highest BCUT2D eigenvalue weighted by molar-refractivity contribution is 5.85. The second-order valence-corrected chi connectivity index (χ2v) is 4.58. The Labute approximate surface area is 109 Å². The summed E-state index contributed by atoms with van der Waals surface area (Å²) in [6.45, 7) is 6.16. The molecule has 17 heavy (non-hydrogen) atoms. The van der Waals surface area contributed by atoms with E-state index < -0.39 is 0 Å². The second-order valence-electron chi connectivity index (χ2n) is 4.58. The summed E-state index contributed by atoms with van der Waals surface area (Å²) in [4.78, 5) is 22.5. The average molecular weight is 264 g/mol. The predicted octanol–water partition coefficient (Wildman–Crippen LogP) is 0.0502. The molecule has 1 unspecified atom stereocenters. The van der Waals surface area contributed by atoms with Crippen LogP contribution in [0.3, 0.4) is 0 Å². The molecule has 1 rings (SSSR count). The number of rotatable bonds is 4. The van der Waals surface area contributed by atoms with Crippen LogP contribution in [0.25, 0.3) is 0 Å². The Morgan fingerprint density at radius 1 is 1.29 bits per heavy atom. The molecule has 0 aromatic heterocycles. The van der Waals surface area contributed by atoms with Crippen LogP contribution in [0.5, 0.6) is 0 Å². The van der Waals surface area contributed by atoms with Gasteiger partial charge in [0, 0.05) is 26.6 Å². The number of carbonyl (C=O) groups is 2. The Bertz CT molecular complexity index is 265. The first-order chi connectivity index (χ1) is 7.54. The molecule has 5 nitrogen and oxygen atoms in total. The van der Waals surface area contributed by atoms with Crippen LogP contribution in [0.4, 0.5) is 0 Å². The Balaban J connectivity index is 0.00000256. The van der Waals surface area contributed by atoms with Gasteiger partial charge in [0.05, 0.1) is 5.41 Å². The molecule has 1 atom stereocenters. The summed E-state index contributed by atoms with van der Waals surface area (Å²) in [5, 5.41) is 8.74. The molecule has 1 saturated heterocycles. The second kappa shape index (κ2) is 7.50. The third-order valence-electron chi connectivity index (χ3n) is 2.93. The maximum atomic E-state index is 11.9. The van der Waals surface area contributed by atoms with Gasteiger partial charge in [-0.1, -0.05) is 0 Å². The van der Waals surface area contributed by atoms with Gasteiger partial charge in [-0.2, -0.15) is 0 Å². The fraction of sp³-hybridized carbons (Fsp3) is 0.818. The SMILES string of the molecule is CC(=O)NCCNC(=O)C1(C)CCCNC1.Cl. The zero-order valence-corrected chi connectivity index (χ0v) is 11.3. The lowest BCUT2D eigenvalue weighted by Crippen LogP contribution is -2.49. The monoisotopic (exact) mass is 263 g/mol. The average Bonchev–Trinajstić information content (AvgIpc) is 2.25. The topological polar surface area (TPSA) is 70.2 Å². The maximum Gasteiger partial charge on any atom is 0.227 e. The summed E-state index contributed by atoms with van der Waals surface area (Å²) in [6, 6.07) is 0. The minimum absolute atomic E-state index is 0. The molecule has 1 heterocycles. The van der Waals surface area contributed by atoms with E-state index in [0.717, 1.165) is 25.9 Å². The summed E-state index contributed by atoms with van der Waals surface area (Å²) in [5.41, 5.74) is -0.297. The van der Waals surface area contributed by atoms with Gasteiger partial charge in [0.2, 0.25) is 11.8 Å². The van der Waals surface area contributed by atoms with Crippen molar-refractivity contribution in [1.82, 2.24) is 16.0 Å². The van der Waals surface area contributed by atoms with E-state index in [0.29, 0.717) is 13.1 Å². The third kappa shape index (κ3) is 5.37. The molecule has 2 amide bonds. The van der Waals surface area contributed by atoms with E-state index in [2.05, 4.69) is 16.0 Å². The number of amides is 2. The van der Waals surface area contributed by atoms with Crippen LogP contribution < -0.4 is 16.0 Å². The lowest BCUT2D eigenvalue weighted by molar-refractivity contribution is -0.131. The predicted molar refractivity (Wildman–Crippen MR) is 69.2 cm³/mol. The quantitative estimate of drug-likeness (QED) is 0.628.